The summed E-state index contributed by atoms with van der Waals surface area (Å²) >= 11 is -0.417. The summed E-state index contributed by atoms with van der Waals surface area (Å²) in [6.07, 6.45) is 0. The number of nitrogens with two attached hydrogens (primary N) is 2. The van der Waals surface area contributed by atoms with Crippen molar-refractivity contribution in [1.82, 2.24) is 0 Å². The minimum absolute atomic E-state index is 0.417. The molecular formula is H4N3O3Pt. The van der Waals surface area contributed by atoms with Crippen molar-refractivity contribution in [2.45, 2.75) is 0 Å². The first-order chi connectivity index (χ1) is 3.15. The molecule has 6 nitrogen and oxygen atoms in total. The molecule has 47 valence electrons. The molecule has 0 saturated heterocycles. The Morgan fingerprint density at radius 3 is 1.43 bits per heavy atom. The number of nitrogens with zero attached hydrogens (tertiary/aromatic N) is 1. The van der Waals surface area contributed by atoms with E-state index < -0.39 is 24.2 Å². The summed E-state index contributed by atoms with van der Waals surface area (Å²) in [5.74, 6) is 0. The molecule has 0 unspecified atom stereocenters. The first-order valence-corrected chi connectivity index (χ1v) is 3.54. The van der Waals surface area contributed by atoms with Gasteiger partial charge in [-0.3, -0.25) is 0 Å². The van der Waals surface area contributed by atoms with Gasteiger partial charge in [-0.2, -0.15) is 0 Å². The van der Waals surface area contributed by atoms with Crippen LogP contribution in [-0.4, -0.2) is 5.09 Å². The Balaban J connectivity index is 0. The van der Waals surface area contributed by atoms with Gasteiger partial charge in [0, 0.05) is 0 Å². The molecule has 0 aliphatic carbocycles. The Morgan fingerprint density at radius 2 is 1.43 bits per heavy atom. The summed E-state index contributed by atoms with van der Waals surface area (Å²) < 4.78 is 9.47. The monoisotopic (exact) mass is 289 g/mol. The molecule has 0 heterocycles. The van der Waals surface area contributed by atoms with E-state index in [4.69, 9.17) is 23.9 Å². The third-order valence-corrected chi connectivity index (χ3v) is 0. The average Bonchev–Trinajstić information content (AvgIpc) is 1.33. The fraction of sp³-hybridized carbons (Fsp3) is 0. The van der Waals surface area contributed by atoms with Crippen molar-refractivity contribution in [2.24, 2.45) is 8.58 Å². The second-order valence-corrected chi connectivity index (χ2v) is 1.09. The molecule has 0 aromatic rings. The van der Waals surface area contributed by atoms with Crippen LogP contribution in [0.3, 0.4) is 0 Å². The van der Waals surface area contributed by atoms with Gasteiger partial charge >= 0.3 is 27.6 Å². The normalized spacial score (nSPS) is 6.57. The van der Waals surface area contributed by atoms with E-state index in [1.54, 1.807) is 0 Å². The summed E-state index contributed by atoms with van der Waals surface area (Å²) in [6.45, 7) is 0. The van der Waals surface area contributed by atoms with Crippen molar-refractivity contribution in [3.05, 3.63) is 15.3 Å². The van der Waals surface area contributed by atoms with Crippen LogP contribution in [0.1, 0.15) is 0 Å². The predicted octanol–water partition coefficient (Wildman–Crippen LogP) is -1.42. The SMILES string of the molecule is O=[N+]([O-])[O-].[NH2][Pt+][NH2]. The van der Waals surface area contributed by atoms with E-state index in [-0.39, 0.29) is 0 Å². The molecular weight excluding hydrogens is 285 g/mol. The van der Waals surface area contributed by atoms with Gasteiger partial charge in [0.2, 0.25) is 0 Å². The van der Waals surface area contributed by atoms with Gasteiger partial charge in [-0.1, -0.05) is 0 Å². The van der Waals surface area contributed by atoms with Gasteiger partial charge in [0.05, 0.1) is 5.09 Å². The third kappa shape index (κ3) is 2290. The molecule has 0 atom stereocenters. The van der Waals surface area contributed by atoms with Gasteiger partial charge < -0.3 is 15.3 Å². The first-order valence-electron chi connectivity index (χ1n) is 0.913. The molecule has 0 aliphatic heterocycles. The predicted molar refractivity (Wildman–Crippen MR) is 18.7 cm³/mol. The van der Waals surface area contributed by atoms with E-state index in [1.807, 2.05) is 0 Å². The van der Waals surface area contributed by atoms with E-state index in [2.05, 4.69) is 0 Å². The minimum atomic E-state index is -1.75. The molecule has 0 aromatic carbocycles. The van der Waals surface area contributed by atoms with E-state index in [1.165, 1.54) is 0 Å². The van der Waals surface area contributed by atoms with Crippen LogP contribution in [0.15, 0.2) is 0 Å². The van der Waals surface area contributed by atoms with Gasteiger partial charge in [0.1, 0.15) is 0 Å². The topological polar surface area (TPSA) is 118 Å². The zero-order chi connectivity index (χ0) is 6.28. The Kier molecular flexibility index (Phi) is 13.1. The Bertz CT molecular complexity index is 41.4. The van der Waals surface area contributed by atoms with Gasteiger partial charge in [-0.25, -0.2) is 0 Å². The van der Waals surface area contributed by atoms with Crippen molar-refractivity contribution in [3.63, 3.8) is 0 Å². The van der Waals surface area contributed by atoms with Crippen LogP contribution in [0, 0.1) is 15.3 Å². The standard InChI is InChI=1S/NO3.2H2N.Pt/c2-1(3)4;;;/h;2*1H2;/q3*-1;+3. The zero-order valence-electron chi connectivity index (χ0n) is 3.14. The molecule has 0 spiro atoms. The van der Waals surface area contributed by atoms with Crippen LogP contribution in [0.5, 0.6) is 0 Å². The molecule has 0 radical (unpaired) electrons. The van der Waals surface area contributed by atoms with E-state index in [0.29, 0.717) is 0 Å². The number of hydrogen-bond acceptors (Lipinski definition) is 5. The maximum absolute atomic E-state index is 8.25. The second kappa shape index (κ2) is 9.26. The zero-order valence-corrected chi connectivity index (χ0v) is 5.42. The fourth-order valence-corrected chi connectivity index (χ4v) is 0. The Morgan fingerprint density at radius 1 is 1.43 bits per heavy atom. The molecule has 7 heteroatoms. The van der Waals surface area contributed by atoms with Gasteiger partial charge in [0.25, 0.3) is 0 Å². The van der Waals surface area contributed by atoms with E-state index in [0.717, 1.165) is 0 Å². The summed E-state index contributed by atoms with van der Waals surface area (Å²) in [4.78, 5) is 8.25. The quantitative estimate of drug-likeness (QED) is 0.419. The fourth-order valence-electron chi connectivity index (χ4n) is 0. The summed E-state index contributed by atoms with van der Waals surface area (Å²) in [6, 6.07) is 0. The van der Waals surface area contributed by atoms with Crippen molar-refractivity contribution >= 4 is 0 Å². The van der Waals surface area contributed by atoms with Crippen LogP contribution < -0.4 is 8.58 Å². The number of hydrogen-bond donors (Lipinski definition) is 2. The van der Waals surface area contributed by atoms with Crippen molar-refractivity contribution in [2.75, 3.05) is 0 Å². The summed E-state index contributed by atoms with van der Waals surface area (Å²) in [7, 11) is 0. The summed E-state index contributed by atoms with van der Waals surface area (Å²) in [5.41, 5.74) is 0. The molecule has 0 bridgehead atoms. The van der Waals surface area contributed by atoms with E-state index in [9.17, 15) is 0 Å². The molecule has 7 heavy (non-hydrogen) atoms. The molecule has 0 aliphatic rings. The molecule has 4 N–H and O–H groups in total. The third-order valence-electron chi connectivity index (χ3n) is 0. The maximum atomic E-state index is 8.25. The van der Waals surface area contributed by atoms with Crippen LogP contribution in [-0.2, 0) is 19.1 Å². The van der Waals surface area contributed by atoms with Crippen molar-refractivity contribution < 1.29 is 24.2 Å². The van der Waals surface area contributed by atoms with Crippen LogP contribution >= 0.6 is 0 Å². The Labute approximate surface area is 48.7 Å². The van der Waals surface area contributed by atoms with Crippen molar-refractivity contribution in [3.8, 4) is 0 Å². The molecule has 0 fully saturated rings. The second-order valence-electron chi connectivity index (χ2n) is 0.329. The number of rotatable bonds is 0. The van der Waals surface area contributed by atoms with Gasteiger partial charge in [0.15, 0.2) is 0 Å². The molecule has 0 amide bonds. The molecule has 0 aromatic heterocycles. The Hall–Kier alpha value is -0.192. The van der Waals surface area contributed by atoms with Crippen LogP contribution in [0.25, 0.3) is 0 Å². The first kappa shape index (κ1) is 9.93. The van der Waals surface area contributed by atoms with Crippen molar-refractivity contribution in [1.29, 1.82) is 0 Å². The van der Waals surface area contributed by atoms with E-state index >= 15 is 0 Å². The molecule has 0 rings (SSSR count). The van der Waals surface area contributed by atoms with Crippen LogP contribution in [0.2, 0.25) is 0 Å². The van der Waals surface area contributed by atoms with Crippen LogP contribution in [0.4, 0.5) is 0 Å². The summed E-state index contributed by atoms with van der Waals surface area (Å²) in [5, 5.41) is 14.8. The average molecular weight is 289 g/mol. The molecule has 0 saturated carbocycles. The van der Waals surface area contributed by atoms with Gasteiger partial charge in [-0.15, -0.1) is 0 Å². The van der Waals surface area contributed by atoms with Gasteiger partial charge in [-0.05, 0) is 0 Å².